The highest BCUT2D eigenvalue weighted by Crippen LogP contribution is 2.36. The van der Waals surface area contributed by atoms with Gasteiger partial charge in [-0.1, -0.05) is 19.9 Å². The minimum absolute atomic E-state index is 0.149. The molecular formula is C17H27BFNO3. The van der Waals surface area contributed by atoms with Crippen molar-refractivity contribution in [3.05, 3.63) is 24.0 Å². The molecule has 0 amide bonds. The van der Waals surface area contributed by atoms with Gasteiger partial charge in [0.05, 0.1) is 17.3 Å². The molecule has 1 aromatic rings. The van der Waals surface area contributed by atoms with Crippen molar-refractivity contribution >= 4 is 18.3 Å². The van der Waals surface area contributed by atoms with Crippen LogP contribution in [0.15, 0.2) is 18.2 Å². The van der Waals surface area contributed by atoms with Gasteiger partial charge in [0.15, 0.2) is 0 Å². The molecule has 0 spiro atoms. The van der Waals surface area contributed by atoms with Crippen LogP contribution in [0, 0.1) is 11.7 Å². The van der Waals surface area contributed by atoms with Crippen molar-refractivity contribution in [3.63, 3.8) is 0 Å². The van der Waals surface area contributed by atoms with E-state index in [1.54, 1.807) is 12.1 Å². The van der Waals surface area contributed by atoms with Gasteiger partial charge in [-0.2, -0.15) is 0 Å². The maximum absolute atomic E-state index is 14.4. The van der Waals surface area contributed by atoms with Crippen LogP contribution in [0.25, 0.3) is 0 Å². The Morgan fingerprint density at radius 1 is 1.17 bits per heavy atom. The van der Waals surface area contributed by atoms with Gasteiger partial charge in [0.2, 0.25) is 0 Å². The summed E-state index contributed by atoms with van der Waals surface area (Å²) in [5.74, 6) is -0.232. The Morgan fingerprint density at radius 2 is 1.74 bits per heavy atom. The third-order valence-electron chi connectivity index (χ3n) is 4.79. The maximum Gasteiger partial charge on any atom is 0.497 e. The van der Waals surface area contributed by atoms with E-state index in [0.29, 0.717) is 17.7 Å². The fourth-order valence-corrected chi connectivity index (χ4v) is 2.26. The van der Waals surface area contributed by atoms with Crippen LogP contribution in [0.5, 0.6) is 0 Å². The molecule has 1 atom stereocenters. The van der Waals surface area contributed by atoms with Crippen LogP contribution in [-0.2, 0) is 9.31 Å². The molecule has 128 valence electrons. The van der Waals surface area contributed by atoms with Crippen LogP contribution >= 0.6 is 0 Å². The number of aliphatic hydroxyl groups is 1. The molecule has 1 aromatic carbocycles. The van der Waals surface area contributed by atoms with Crippen molar-refractivity contribution in [3.8, 4) is 0 Å². The summed E-state index contributed by atoms with van der Waals surface area (Å²) in [5, 5.41) is 12.8. The predicted octanol–water partition coefficient (Wildman–Crippen LogP) is 2.55. The lowest BCUT2D eigenvalue weighted by Gasteiger charge is -2.32. The summed E-state index contributed by atoms with van der Waals surface area (Å²) >= 11 is 0. The van der Waals surface area contributed by atoms with Crippen molar-refractivity contribution in [1.82, 2.24) is 0 Å². The molecule has 0 aliphatic carbocycles. The van der Waals surface area contributed by atoms with E-state index in [0.717, 1.165) is 0 Å². The number of halogens is 1. The molecule has 0 unspecified atom stereocenters. The second-order valence-corrected chi connectivity index (χ2v) is 7.52. The Bertz CT molecular complexity index is 547. The smallest absolute Gasteiger partial charge is 0.399 e. The van der Waals surface area contributed by atoms with E-state index >= 15 is 0 Å². The second kappa shape index (κ2) is 6.42. The van der Waals surface area contributed by atoms with E-state index in [1.165, 1.54) is 6.07 Å². The third kappa shape index (κ3) is 3.87. The zero-order valence-electron chi connectivity index (χ0n) is 14.8. The molecule has 1 heterocycles. The monoisotopic (exact) mass is 323 g/mol. The molecule has 4 nitrogen and oxygen atoms in total. The lowest BCUT2D eigenvalue weighted by Crippen LogP contribution is -2.41. The van der Waals surface area contributed by atoms with E-state index in [9.17, 15) is 9.50 Å². The summed E-state index contributed by atoms with van der Waals surface area (Å²) in [5.41, 5.74) is 0.0197. The Balaban J connectivity index is 2.09. The Morgan fingerprint density at radius 3 is 2.22 bits per heavy atom. The van der Waals surface area contributed by atoms with Gasteiger partial charge in [0.25, 0.3) is 0 Å². The Kier molecular flexibility index (Phi) is 5.09. The topological polar surface area (TPSA) is 50.7 Å². The Labute approximate surface area is 138 Å². The fourth-order valence-electron chi connectivity index (χ4n) is 2.26. The number of nitrogens with one attached hydrogen (secondary N) is 1. The molecule has 2 N–H and O–H groups in total. The molecule has 0 aromatic heterocycles. The van der Waals surface area contributed by atoms with E-state index < -0.39 is 24.4 Å². The molecule has 0 radical (unpaired) electrons. The first-order chi connectivity index (χ1) is 10.5. The maximum atomic E-state index is 14.4. The minimum atomic E-state index is -0.713. The van der Waals surface area contributed by atoms with Gasteiger partial charge < -0.3 is 19.7 Å². The first-order valence-electron chi connectivity index (χ1n) is 8.10. The van der Waals surface area contributed by atoms with Crippen LogP contribution in [0.1, 0.15) is 41.5 Å². The normalized spacial score (nSPS) is 20.8. The standard InChI is InChI=1S/C17H27BFNO3/c1-11(2)15(21)10-20-12-7-8-13(14(19)9-12)18-22-16(3,4)17(5,6)23-18/h7-9,11,15,20-21H,10H2,1-6H3/t15-/m0/s1. The predicted molar refractivity (Wildman–Crippen MR) is 91.5 cm³/mol. The zero-order valence-corrected chi connectivity index (χ0v) is 14.8. The quantitative estimate of drug-likeness (QED) is 0.818. The highest BCUT2D eigenvalue weighted by molar-refractivity contribution is 6.62. The number of benzene rings is 1. The van der Waals surface area contributed by atoms with Gasteiger partial charge in [-0.25, -0.2) is 4.39 Å². The third-order valence-corrected chi connectivity index (χ3v) is 4.79. The molecule has 2 rings (SSSR count). The zero-order chi connectivity index (χ0) is 17.4. The molecule has 1 fully saturated rings. The number of anilines is 1. The van der Waals surface area contributed by atoms with Gasteiger partial charge in [-0.05, 0) is 45.7 Å². The number of hydrogen-bond donors (Lipinski definition) is 2. The molecule has 1 aliphatic rings. The van der Waals surface area contributed by atoms with Gasteiger partial charge in [0, 0.05) is 17.7 Å². The van der Waals surface area contributed by atoms with Crippen molar-refractivity contribution in [1.29, 1.82) is 0 Å². The first kappa shape index (κ1) is 18.2. The number of rotatable bonds is 5. The molecule has 1 aliphatic heterocycles. The highest BCUT2D eigenvalue weighted by Gasteiger charge is 2.52. The fraction of sp³-hybridized carbons (Fsp3) is 0.647. The van der Waals surface area contributed by atoms with E-state index in [1.807, 2.05) is 41.5 Å². The van der Waals surface area contributed by atoms with Crippen LogP contribution in [0.2, 0.25) is 0 Å². The SMILES string of the molecule is CC(C)[C@@H](O)CNc1ccc(B2OC(C)(C)C(C)(C)O2)c(F)c1. The summed E-state index contributed by atoms with van der Waals surface area (Å²) in [4.78, 5) is 0. The number of aliphatic hydroxyl groups excluding tert-OH is 1. The average molecular weight is 323 g/mol. The average Bonchev–Trinajstić information content (AvgIpc) is 2.64. The molecule has 1 saturated heterocycles. The van der Waals surface area contributed by atoms with E-state index in [2.05, 4.69) is 5.32 Å². The van der Waals surface area contributed by atoms with Crippen molar-refractivity contribution in [2.24, 2.45) is 5.92 Å². The summed E-state index contributed by atoms with van der Waals surface area (Å²) in [7, 11) is -0.713. The molecule has 0 bridgehead atoms. The molecular weight excluding hydrogens is 296 g/mol. The van der Waals surface area contributed by atoms with Crippen molar-refractivity contribution < 1.29 is 18.8 Å². The summed E-state index contributed by atoms with van der Waals surface area (Å²) in [6.07, 6.45) is -0.471. The number of hydrogen-bond acceptors (Lipinski definition) is 4. The van der Waals surface area contributed by atoms with Crippen LogP contribution in [0.3, 0.4) is 0 Å². The van der Waals surface area contributed by atoms with Crippen LogP contribution in [-0.4, -0.2) is 36.1 Å². The van der Waals surface area contributed by atoms with Gasteiger partial charge in [0.1, 0.15) is 5.82 Å². The largest absolute Gasteiger partial charge is 0.497 e. The van der Waals surface area contributed by atoms with E-state index in [4.69, 9.17) is 9.31 Å². The Hall–Kier alpha value is -1.11. The van der Waals surface area contributed by atoms with Crippen molar-refractivity contribution in [2.75, 3.05) is 11.9 Å². The van der Waals surface area contributed by atoms with E-state index in [-0.39, 0.29) is 11.7 Å². The van der Waals surface area contributed by atoms with Gasteiger partial charge in [-0.3, -0.25) is 0 Å². The summed E-state index contributed by atoms with van der Waals surface area (Å²) in [6, 6.07) is 4.85. The minimum Gasteiger partial charge on any atom is -0.399 e. The molecule has 23 heavy (non-hydrogen) atoms. The second-order valence-electron chi connectivity index (χ2n) is 7.52. The highest BCUT2D eigenvalue weighted by atomic mass is 19.1. The molecule has 6 heteroatoms. The lowest BCUT2D eigenvalue weighted by atomic mass is 9.78. The summed E-state index contributed by atoms with van der Waals surface area (Å²) < 4.78 is 26.2. The van der Waals surface area contributed by atoms with Crippen molar-refractivity contribution in [2.45, 2.75) is 58.8 Å². The first-order valence-corrected chi connectivity index (χ1v) is 8.10. The van der Waals surface area contributed by atoms with Crippen LogP contribution < -0.4 is 10.8 Å². The van der Waals surface area contributed by atoms with Gasteiger partial charge >= 0.3 is 7.12 Å². The van der Waals surface area contributed by atoms with Gasteiger partial charge in [-0.15, -0.1) is 0 Å². The lowest BCUT2D eigenvalue weighted by molar-refractivity contribution is 0.00578. The van der Waals surface area contributed by atoms with Crippen LogP contribution in [0.4, 0.5) is 10.1 Å². The summed E-state index contributed by atoms with van der Waals surface area (Å²) in [6.45, 7) is 12.0. The molecule has 0 saturated carbocycles.